The van der Waals surface area contributed by atoms with E-state index in [9.17, 15) is 14.7 Å². The summed E-state index contributed by atoms with van der Waals surface area (Å²) >= 11 is 0. The van der Waals surface area contributed by atoms with Gasteiger partial charge >= 0.3 is 0 Å². The summed E-state index contributed by atoms with van der Waals surface area (Å²) in [5, 5.41) is 10.6. The largest absolute Gasteiger partial charge is 0.392 e. The number of carbonyl (C=O) groups is 2. The fraction of sp³-hybridized carbons (Fsp3) is 0.765. The van der Waals surface area contributed by atoms with Crippen molar-refractivity contribution in [2.75, 3.05) is 0 Å². The highest BCUT2D eigenvalue weighted by Crippen LogP contribution is 2.82. The molecule has 13 atom stereocenters. The number of hydrogen-bond acceptors (Lipinski definition) is 3. The van der Waals surface area contributed by atoms with Crippen LogP contribution in [0.3, 0.4) is 0 Å². The molecule has 7 rings (SSSR count). The second-order valence-electron chi connectivity index (χ2n) is 8.40. The SMILES string of the molecule is O=C1[C@H]2[C@H]3C4C5[C@@H](C=C[C@@H]52)[C@H]2C(=O)[C@H]5C(O)[C@@H]1[C@H]3[C@@H]5[C@@H]42. The summed E-state index contributed by atoms with van der Waals surface area (Å²) in [5.74, 6) is 4.40. The van der Waals surface area contributed by atoms with E-state index in [0.29, 0.717) is 58.9 Å². The van der Waals surface area contributed by atoms with Gasteiger partial charge in [0.25, 0.3) is 0 Å². The number of aliphatic hydroxyl groups excluding tert-OH is 1. The van der Waals surface area contributed by atoms with Gasteiger partial charge in [-0.15, -0.1) is 0 Å². The maximum atomic E-state index is 12.9. The number of carbonyl (C=O) groups excluding carboxylic acids is 2. The molecule has 0 radical (unpaired) electrons. The Balaban J connectivity index is 1.60. The molecule has 0 saturated heterocycles. The highest BCUT2D eigenvalue weighted by Gasteiger charge is 2.84. The molecular formula is C17H16O3. The lowest BCUT2D eigenvalue weighted by molar-refractivity contribution is -0.133. The van der Waals surface area contributed by atoms with Gasteiger partial charge in [-0.1, -0.05) is 12.2 Å². The molecule has 0 heterocycles. The van der Waals surface area contributed by atoms with Crippen LogP contribution in [-0.2, 0) is 9.59 Å². The molecule has 6 fully saturated rings. The van der Waals surface area contributed by atoms with Crippen molar-refractivity contribution in [3.8, 4) is 0 Å². The smallest absolute Gasteiger partial charge is 0.142 e. The molecule has 3 heteroatoms. The third-order valence-electron chi connectivity index (χ3n) is 8.65. The Labute approximate surface area is 116 Å². The molecule has 1 N–H and O–H groups in total. The normalized spacial score (nSPS) is 75.8. The molecule has 0 spiro atoms. The Kier molecular flexibility index (Phi) is 1.22. The fourth-order valence-corrected chi connectivity index (χ4v) is 8.82. The lowest BCUT2D eigenvalue weighted by atomic mass is 9.78. The second-order valence-corrected chi connectivity index (χ2v) is 8.40. The van der Waals surface area contributed by atoms with Crippen molar-refractivity contribution in [3.63, 3.8) is 0 Å². The zero-order valence-corrected chi connectivity index (χ0v) is 10.9. The molecule has 0 aromatic carbocycles. The Bertz CT molecular complexity index is 595. The van der Waals surface area contributed by atoms with E-state index in [1.165, 1.54) is 0 Å². The summed E-state index contributed by atoms with van der Waals surface area (Å²) in [6.07, 6.45) is 3.87. The van der Waals surface area contributed by atoms with Gasteiger partial charge < -0.3 is 5.11 Å². The van der Waals surface area contributed by atoms with E-state index in [0.717, 1.165) is 0 Å². The molecule has 20 heavy (non-hydrogen) atoms. The van der Waals surface area contributed by atoms with Crippen LogP contribution in [-0.4, -0.2) is 22.8 Å². The third kappa shape index (κ3) is 0.621. The van der Waals surface area contributed by atoms with Crippen molar-refractivity contribution < 1.29 is 14.7 Å². The molecule has 0 aromatic heterocycles. The maximum absolute atomic E-state index is 12.9. The van der Waals surface area contributed by atoms with Gasteiger partial charge in [0.15, 0.2) is 0 Å². The first-order valence-corrected chi connectivity index (χ1v) is 8.15. The van der Waals surface area contributed by atoms with E-state index in [1.54, 1.807) is 0 Å². The van der Waals surface area contributed by atoms with Gasteiger partial charge in [-0.05, 0) is 47.3 Å². The van der Waals surface area contributed by atoms with Crippen LogP contribution in [0.15, 0.2) is 12.2 Å². The summed E-state index contributed by atoms with van der Waals surface area (Å²) in [6, 6.07) is 0. The number of aliphatic hydroxyl groups is 1. The molecule has 0 amide bonds. The minimum atomic E-state index is -0.653. The molecule has 0 aromatic rings. The van der Waals surface area contributed by atoms with Gasteiger partial charge in [0, 0.05) is 23.7 Å². The highest BCUT2D eigenvalue weighted by atomic mass is 16.3. The molecule has 7 aliphatic carbocycles. The zero-order valence-electron chi connectivity index (χ0n) is 10.9. The van der Waals surface area contributed by atoms with Crippen LogP contribution in [0.2, 0.25) is 0 Å². The lowest BCUT2D eigenvalue weighted by Crippen LogP contribution is -2.37. The lowest BCUT2D eigenvalue weighted by Gasteiger charge is -2.25. The van der Waals surface area contributed by atoms with Crippen molar-refractivity contribution >= 4 is 11.6 Å². The minimum Gasteiger partial charge on any atom is -0.392 e. The van der Waals surface area contributed by atoms with Crippen LogP contribution in [0.5, 0.6) is 0 Å². The quantitative estimate of drug-likeness (QED) is 0.652. The number of fused-ring (bicyclic) bond motifs is 2. The van der Waals surface area contributed by atoms with E-state index in [1.807, 2.05) is 0 Å². The molecule has 102 valence electrons. The summed E-state index contributed by atoms with van der Waals surface area (Å²) in [5.41, 5.74) is 0. The molecular weight excluding hydrogens is 252 g/mol. The predicted molar refractivity (Wildman–Crippen MR) is 67.0 cm³/mol. The molecule has 6 saturated carbocycles. The number of allylic oxidation sites excluding steroid dienone is 2. The summed E-state index contributed by atoms with van der Waals surface area (Å²) in [7, 11) is 0. The highest BCUT2D eigenvalue weighted by molar-refractivity contribution is 5.96. The van der Waals surface area contributed by atoms with Crippen LogP contribution < -0.4 is 0 Å². The van der Waals surface area contributed by atoms with Gasteiger partial charge in [0.05, 0.1) is 6.10 Å². The van der Waals surface area contributed by atoms with E-state index in [4.69, 9.17) is 0 Å². The topological polar surface area (TPSA) is 54.4 Å². The molecule has 3 nitrogen and oxygen atoms in total. The van der Waals surface area contributed by atoms with E-state index in [-0.39, 0.29) is 23.7 Å². The Morgan fingerprint density at radius 1 is 0.650 bits per heavy atom. The predicted octanol–water partition coefficient (Wildman–Crippen LogP) is 0.531. The average Bonchev–Trinajstić information content (AvgIpc) is 3.11. The number of hydrogen-bond donors (Lipinski definition) is 1. The van der Waals surface area contributed by atoms with Crippen molar-refractivity contribution in [2.24, 2.45) is 71.0 Å². The van der Waals surface area contributed by atoms with Crippen LogP contribution in [0.4, 0.5) is 0 Å². The van der Waals surface area contributed by atoms with Crippen molar-refractivity contribution in [2.45, 2.75) is 6.10 Å². The standard InChI is InChI=1S/C17H16O3/c18-15-6-3-1-2-4-5(3)8-9(6)11-12-10(8)7(4)16(19)14(12)17(20)13(11)15/h1-14,17,20H/t3-,4+,5?,6-,7-,8?,9-,10+,11+,12-,13+,14-,17?/m1/s1. The summed E-state index contributed by atoms with van der Waals surface area (Å²) in [4.78, 5) is 25.7. The molecule has 3 unspecified atom stereocenters. The number of Topliss-reactive ketones (excluding diaryl/α,β-unsaturated/α-hetero) is 2. The first kappa shape index (κ1) is 9.88. The van der Waals surface area contributed by atoms with Gasteiger partial charge in [-0.2, -0.15) is 0 Å². The van der Waals surface area contributed by atoms with E-state index >= 15 is 0 Å². The monoisotopic (exact) mass is 268 g/mol. The molecule has 7 aliphatic rings. The first-order valence-electron chi connectivity index (χ1n) is 8.15. The van der Waals surface area contributed by atoms with Crippen molar-refractivity contribution in [1.82, 2.24) is 0 Å². The summed E-state index contributed by atoms with van der Waals surface area (Å²) < 4.78 is 0. The third-order valence-corrected chi connectivity index (χ3v) is 8.65. The minimum absolute atomic E-state index is 0.191. The van der Waals surface area contributed by atoms with Gasteiger partial charge in [0.2, 0.25) is 0 Å². The van der Waals surface area contributed by atoms with Crippen LogP contribution in [0, 0.1) is 71.0 Å². The Morgan fingerprint density at radius 2 is 1.10 bits per heavy atom. The zero-order chi connectivity index (χ0) is 13.1. The Morgan fingerprint density at radius 3 is 1.60 bits per heavy atom. The van der Waals surface area contributed by atoms with Gasteiger partial charge in [0.1, 0.15) is 11.6 Å². The molecule has 0 aliphatic heterocycles. The van der Waals surface area contributed by atoms with Gasteiger partial charge in [-0.25, -0.2) is 0 Å². The summed E-state index contributed by atoms with van der Waals surface area (Å²) in [6.45, 7) is 0. The Hall–Kier alpha value is -0.960. The van der Waals surface area contributed by atoms with E-state index < -0.39 is 6.10 Å². The number of ketones is 2. The fourth-order valence-electron chi connectivity index (χ4n) is 8.82. The van der Waals surface area contributed by atoms with Crippen LogP contribution in [0.25, 0.3) is 0 Å². The van der Waals surface area contributed by atoms with E-state index in [2.05, 4.69) is 12.2 Å². The maximum Gasteiger partial charge on any atom is 0.142 e. The first-order chi connectivity index (χ1) is 9.72. The second kappa shape index (κ2) is 2.47. The van der Waals surface area contributed by atoms with Gasteiger partial charge in [-0.3, -0.25) is 9.59 Å². The average molecular weight is 268 g/mol. The van der Waals surface area contributed by atoms with Crippen LogP contribution >= 0.6 is 0 Å². The van der Waals surface area contributed by atoms with Crippen molar-refractivity contribution in [1.29, 1.82) is 0 Å². The number of rotatable bonds is 0. The molecule has 0 bridgehead atoms. The van der Waals surface area contributed by atoms with Crippen LogP contribution in [0.1, 0.15) is 0 Å². The van der Waals surface area contributed by atoms with Crippen molar-refractivity contribution in [3.05, 3.63) is 12.2 Å².